The van der Waals surface area contributed by atoms with Crippen LogP contribution in [0.3, 0.4) is 0 Å². The molecule has 20 heavy (non-hydrogen) atoms. The molecule has 2 rings (SSSR count). The van der Waals surface area contributed by atoms with Gasteiger partial charge in [0, 0.05) is 24.8 Å². The van der Waals surface area contributed by atoms with E-state index in [4.69, 9.17) is 0 Å². The van der Waals surface area contributed by atoms with E-state index < -0.39 is 0 Å². The first-order chi connectivity index (χ1) is 9.60. The van der Waals surface area contributed by atoms with E-state index in [0.29, 0.717) is 18.5 Å². The van der Waals surface area contributed by atoms with Gasteiger partial charge in [-0.1, -0.05) is 32.9 Å². The summed E-state index contributed by atoms with van der Waals surface area (Å²) in [6.45, 7) is 9.79. The van der Waals surface area contributed by atoms with Gasteiger partial charge in [0.1, 0.15) is 0 Å². The van der Waals surface area contributed by atoms with Crippen LogP contribution in [0.1, 0.15) is 32.3 Å². The van der Waals surface area contributed by atoms with Crippen LogP contribution in [0.2, 0.25) is 0 Å². The largest absolute Gasteiger partial charge is 0.325 e. The molecule has 1 aliphatic heterocycles. The van der Waals surface area contributed by atoms with Crippen LogP contribution >= 0.6 is 0 Å². The number of likely N-dealkylation sites (N-methyl/N-ethyl adjacent to an activating group) is 1. The van der Waals surface area contributed by atoms with Gasteiger partial charge in [0.15, 0.2) is 0 Å². The van der Waals surface area contributed by atoms with Gasteiger partial charge in [0.2, 0.25) is 5.91 Å². The number of hydrogen-bond acceptors (Lipinski definition) is 3. The van der Waals surface area contributed by atoms with Crippen LogP contribution in [-0.2, 0) is 4.79 Å². The van der Waals surface area contributed by atoms with Gasteiger partial charge in [-0.05, 0) is 30.2 Å². The second-order valence-corrected chi connectivity index (χ2v) is 5.70. The molecule has 0 spiro atoms. The summed E-state index contributed by atoms with van der Waals surface area (Å²) in [5.41, 5.74) is 2.17. The highest BCUT2D eigenvalue weighted by Gasteiger charge is 2.24. The molecule has 1 aromatic rings. The molecule has 0 unspecified atom stereocenters. The van der Waals surface area contributed by atoms with Crippen molar-refractivity contribution in [3.05, 3.63) is 29.8 Å². The zero-order chi connectivity index (χ0) is 14.5. The van der Waals surface area contributed by atoms with Crippen LogP contribution in [0.5, 0.6) is 0 Å². The summed E-state index contributed by atoms with van der Waals surface area (Å²) in [5, 5.41) is 6.22. The fourth-order valence-electron chi connectivity index (χ4n) is 2.37. The molecule has 0 aromatic heterocycles. The molecular weight excluding hydrogens is 250 g/mol. The van der Waals surface area contributed by atoms with Gasteiger partial charge in [-0.15, -0.1) is 0 Å². The first-order valence-corrected chi connectivity index (χ1v) is 7.44. The Bertz CT molecular complexity index is 438. The monoisotopic (exact) mass is 275 g/mol. The van der Waals surface area contributed by atoms with E-state index in [2.05, 4.69) is 48.4 Å². The highest BCUT2D eigenvalue weighted by atomic mass is 16.2. The Hall–Kier alpha value is -1.39. The number of rotatable bonds is 6. The molecule has 1 aromatic carbocycles. The Balaban J connectivity index is 1.86. The molecule has 1 heterocycles. The van der Waals surface area contributed by atoms with Gasteiger partial charge in [0.25, 0.3) is 0 Å². The minimum absolute atomic E-state index is 0.0658. The summed E-state index contributed by atoms with van der Waals surface area (Å²) in [6.07, 6.45) is 0. The maximum absolute atomic E-state index is 12.1. The summed E-state index contributed by atoms with van der Waals surface area (Å²) >= 11 is 0. The molecule has 4 nitrogen and oxygen atoms in total. The van der Waals surface area contributed by atoms with E-state index in [-0.39, 0.29) is 5.91 Å². The molecule has 1 saturated heterocycles. The predicted molar refractivity (Wildman–Crippen MR) is 83.1 cm³/mol. The predicted octanol–water partition coefficient (Wildman–Crippen LogP) is 2.04. The molecule has 1 aliphatic rings. The minimum Gasteiger partial charge on any atom is -0.325 e. The quantitative estimate of drug-likeness (QED) is 0.835. The van der Waals surface area contributed by atoms with E-state index >= 15 is 0 Å². The number of amides is 1. The smallest absolute Gasteiger partial charge is 0.238 e. The number of anilines is 1. The first-order valence-electron chi connectivity index (χ1n) is 7.44. The van der Waals surface area contributed by atoms with E-state index in [1.165, 1.54) is 5.56 Å². The normalized spacial score (nSPS) is 15.4. The second kappa shape index (κ2) is 6.86. The number of carbonyl (C=O) groups is 1. The van der Waals surface area contributed by atoms with Crippen LogP contribution in [-0.4, -0.2) is 43.0 Å². The van der Waals surface area contributed by atoms with Gasteiger partial charge in [-0.3, -0.25) is 9.69 Å². The number of nitrogens with one attached hydrogen (secondary N) is 2. The molecule has 0 radical (unpaired) electrons. The SMILES string of the molecule is CCN(CC(=O)Nc1ccc(C(C)C)cc1)C1CNC1. The summed E-state index contributed by atoms with van der Waals surface area (Å²) in [6, 6.07) is 8.62. The van der Waals surface area contributed by atoms with Crippen molar-refractivity contribution in [1.82, 2.24) is 10.2 Å². The Kier molecular flexibility index (Phi) is 5.15. The first kappa shape index (κ1) is 15.0. The zero-order valence-corrected chi connectivity index (χ0v) is 12.6. The van der Waals surface area contributed by atoms with Crippen LogP contribution in [0.15, 0.2) is 24.3 Å². The minimum atomic E-state index is 0.0658. The van der Waals surface area contributed by atoms with Crippen molar-refractivity contribution in [2.45, 2.75) is 32.7 Å². The Labute approximate surface area is 121 Å². The van der Waals surface area contributed by atoms with Gasteiger partial charge in [-0.25, -0.2) is 0 Å². The molecule has 110 valence electrons. The van der Waals surface area contributed by atoms with E-state index in [9.17, 15) is 4.79 Å². The molecule has 0 aliphatic carbocycles. The van der Waals surface area contributed by atoms with Crippen LogP contribution < -0.4 is 10.6 Å². The average Bonchev–Trinajstić information content (AvgIpc) is 2.36. The highest BCUT2D eigenvalue weighted by Crippen LogP contribution is 2.17. The van der Waals surface area contributed by atoms with Gasteiger partial charge in [0.05, 0.1) is 6.54 Å². The van der Waals surface area contributed by atoms with E-state index in [1.807, 2.05) is 12.1 Å². The zero-order valence-electron chi connectivity index (χ0n) is 12.6. The van der Waals surface area contributed by atoms with Crippen LogP contribution in [0.25, 0.3) is 0 Å². The lowest BCUT2D eigenvalue weighted by Gasteiger charge is -2.37. The number of benzene rings is 1. The van der Waals surface area contributed by atoms with Crippen LogP contribution in [0, 0.1) is 0 Å². The Morgan fingerprint density at radius 3 is 2.45 bits per heavy atom. The summed E-state index contributed by atoms with van der Waals surface area (Å²) in [7, 11) is 0. The molecule has 1 fully saturated rings. The molecule has 1 amide bonds. The lowest BCUT2D eigenvalue weighted by atomic mass is 10.0. The van der Waals surface area contributed by atoms with Crippen molar-refractivity contribution >= 4 is 11.6 Å². The Morgan fingerprint density at radius 1 is 1.35 bits per heavy atom. The lowest BCUT2D eigenvalue weighted by Crippen LogP contribution is -2.58. The maximum atomic E-state index is 12.1. The second-order valence-electron chi connectivity index (χ2n) is 5.70. The summed E-state index contributed by atoms with van der Waals surface area (Å²) in [4.78, 5) is 14.3. The van der Waals surface area contributed by atoms with Crippen molar-refractivity contribution in [3.8, 4) is 0 Å². The topological polar surface area (TPSA) is 44.4 Å². The van der Waals surface area contributed by atoms with Crippen LogP contribution in [0.4, 0.5) is 5.69 Å². The standard InChI is InChI=1S/C16H25N3O/c1-4-19(15-9-17-10-15)11-16(20)18-14-7-5-13(6-8-14)12(2)3/h5-8,12,15,17H,4,9-11H2,1-3H3,(H,18,20). The lowest BCUT2D eigenvalue weighted by molar-refractivity contribution is -0.118. The van der Waals surface area contributed by atoms with Gasteiger partial charge >= 0.3 is 0 Å². The van der Waals surface area contributed by atoms with Gasteiger partial charge in [-0.2, -0.15) is 0 Å². The molecule has 2 N–H and O–H groups in total. The number of nitrogens with zero attached hydrogens (tertiary/aromatic N) is 1. The number of hydrogen-bond donors (Lipinski definition) is 2. The van der Waals surface area contributed by atoms with E-state index in [1.54, 1.807) is 0 Å². The third kappa shape index (κ3) is 3.81. The fourth-order valence-corrected chi connectivity index (χ4v) is 2.37. The van der Waals surface area contributed by atoms with Gasteiger partial charge < -0.3 is 10.6 Å². The summed E-state index contributed by atoms with van der Waals surface area (Å²) < 4.78 is 0. The third-order valence-electron chi connectivity index (χ3n) is 3.89. The van der Waals surface area contributed by atoms with Crippen molar-refractivity contribution < 1.29 is 4.79 Å². The molecular formula is C16H25N3O. The summed E-state index contributed by atoms with van der Waals surface area (Å²) in [5.74, 6) is 0.581. The van der Waals surface area contributed by atoms with E-state index in [0.717, 1.165) is 25.3 Å². The molecule has 0 saturated carbocycles. The molecule has 4 heteroatoms. The van der Waals surface area contributed by atoms with Crippen molar-refractivity contribution in [1.29, 1.82) is 0 Å². The number of carbonyl (C=O) groups excluding carboxylic acids is 1. The Morgan fingerprint density at radius 2 is 2.00 bits per heavy atom. The average molecular weight is 275 g/mol. The third-order valence-corrected chi connectivity index (χ3v) is 3.89. The fraction of sp³-hybridized carbons (Fsp3) is 0.562. The maximum Gasteiger partial charge on any atom is 0.238 e. The van der Waals surface area contributed by atoms with Crippen molar-refractivity contribution in [2.75, 3.05) is 31.5 Å². The molecule has 0 bridgehead atoms. The van der Waals surface area contributed by atoms with Crippen molar-refractivity contribution in [3.63, 3.8) is 0 Å². The molecule has 0 atom stereocenters. The van der Waals surface area contributed by atoms with Crippen molar-refractivity contribution in [2.24, 2.45) is 0 Å². The highest BCUT2D eigenvalue weighted by molar-refractivity contribution is 5.92.